The quantitative estimate of drug-likeness (QED) is 0.143. The SMILES string of the molecule is C/C=N/N(C1=CCCc2ccc(NC=O)cc21)c1ccc2c(c1)OCO2.CC.Cc1cc([N+](=O)[O-])ccc1Cl.NC=O. The second kappa shape index (κ2) is 17.0. The van der Waals surface area contributed by atoms with Crippen LogP contribution in [0.15, 0.2) is 65.8 Å². The van der Waals surface area contributed by atoms with Gasteiger partial charge >= 0.3 is 0 Å². The van der Waals surface area contributed by atoms with Crippen molar-refractivity contribution < 1.29 is 24.0 Å². The highest BCUT2D eigenvalue weighted by atomic mass is 35.5. The van der Waals surface area contributed by atoms with Crippen LogP contribution in [0, 0.1) is 17.0 Å². The Morgan fingerprint density at radius 2 is 1.79 bits per heavy atom. The van der Waals surface area contributed by atoms with Crippen LogP contribution in [0.4, 0.5) is 17.1 Å². The molecule has 5 rings (SSSR count). The lowest BCUT2D eigenvalue weighted by molar-refractivity contribution is -0.384. The molecule has 0 fully saturated rings. The molecule has 0 radical (unpaired) electrons. The van der Waals surface area contributed by atoms with Gasteiger partial charge in [0, 0.05) is 40.7 Å². The Morgan fingerprint density at radius 1 is 1.07 bits per heavy atom. The zero-order valence-corrected chi connectivity index (χ0v) is 24.6. The number of benzene rings is 3. The Hall–Kier alpha value is -4.90. The van der Waals surface area contributed by atoms with Crippen LogP contribution in [0.25, 0.3) is 5.70 Å². The number of carbonyl (C=O) groups is 2. The topological polar surface area (TPSA) is 149 Å². The van der Waals surface area contributed by atoms with Gasteiger partial charge in [0.2, 0.25) is 19.6 Å². The minimum absolute atomic E-state index is 0.0758. The molecule has 1 heterocycles. The molecular formula is C30H34ClN5O6. The number of nitrogens with one attached hydrogen (secondary N) is 1. The van der Waals surface area contributed by atoms with Crippen LogP contribution >= 0.6 is 11.6 Å². The molecule has 12 heteroatoms. The molecule has 0 bridgehead atoms. The van der Waals surface area contributed by atoms with E-state index in [-0.39, 0.29) is 18.9 Å². The van der Waals surface area contributed by atoms with Gasteiger partial charge in [0.25, 0.3) is 5.69 Å². The summed E-state index contributed by atoms with van der Waals surface area (Å²) in [5, 5.41) is 20.0. The number of anilines is 2. The number of ether oxygens (including phenoxy) is 2. The first-order chi connectivity index (χ1) is 20.3. The molecule has 3 aromatic carbocycles. The van der Waals surface area contributed by atoms with Gasteiger partial charge in [-0.1, -0.05) is 37.6 Å². The third-order valence-corrected chi connectivity index (χ3v) is 6.20. The standard InChI is InChI=1S/C20H19N3O3.C7H6ClNO2.C2H6.CH3NO/c1-2-22-23(16-8-9-19-20(11-16)26-13-25-19)18-5-3-4-14-6-7-15(21-12-24)10-17(14)18;1-5-4-6(9(10)11)2-3-7(5)8;1-2;2-1-3/h2,5-12H,3-4,13H2,1H3,(H,21,24);2-4H,1H3;1-2H3;1H,(H2,2,3)/b22-2+;;;. The number of non-ortho nitro benzene ring substituents is 1. The fourth-order valence-electron chi connectivity index (χ4n) is 4.01. The number of rotatable bonds is 6. The van der Waals surface area contributed by atoms with E-state index in [0.717, 1.165) is 46.8 Å². The number of nitrogens with two attached hydrogens (primary N) is 1. The summed E-state index contributed by atoms with van der Waals surface area (Å²) in [5.41, 5.74) is 9.89. The molecule has 0 saturated carbocycles. The lowest BCUT2D eigenvalue weighted by atomic mass is 9.93. The maximum absolute atomic E-state index is 10.8. The van der Waals surface area contributed by atoms with Crippen LogP contribution in [0.5, 0.6) is 11.5 Å². The summed E-state index contributed by atoms with van der Waals surface area (Å²) in [7, 11) is 0. The van der Waals surface area contributed by atoms with Gasteiger partial charge in [0.1, 0.15) is 0 Å². The van der Waals surface area contributed by atoms with Crippen molar-refractivity contribution in [3.8, 4) is 11.5 Å². The maximum Gasteiger partial charge on any atom is 0.269 e. The van der Waals surface area contributed by atoms with E-state index in [1.165, 1.54) is 23.8 Å². The van der Waals surface area contributed by atoms with Gasteiger partial charge < -0.3 is 20.5 Å². The van der Waals surface area contributed by atoms with Crippen molar-refractivity contribution in [3.05, 3.63) is 92.5 Å². The average Bonchev–Trinajstić information content (AvgIpc) is 3.47. The Labute approximate surface area is 249 Å². The van der Waals surface area contributed by atoms with Crippen LogP contribution in [-0.4, -0.2) is 30.8 Å². The number of nitro groups is 1. The highest BCUT2D eigenvalue weighted by molar-refractivity contribution is 6.31. The fourth-order valence-corrected chi connectivity index (χ4v) is 4.13. The number of nitrogens with zero attached hydrogens (tertiary/aromatic N) is 3. The lowest BCUT2D eigenvalue weighted by Gasteiger charge is -2.27. The van der Waals surface area contributed by atoms with Crippen molar-refractivity contribution in [2.45, 2.75) is 40.5 Å². The van der Waals surface area contributed by atoms with Crippen molar-refractivity contribution >= 4 is 53.4 Å². The molecule has 3 aromatic rings. The number of aryl methyl sites for hydroxylation is 2. The fraction of sp³-hybridized carbons (Fsp3) is 0.233. The van der Waals surface area contributed by atoms with Gasteiger partial charge in [-0.2, -0.15) is 5.10 Å². The number of fused-ring (bicyclic) bond motifs is 2. The monoisotopic (exact) mass is 595 g/mol. The normalized spacial score (nSPS) is 12.1. The van der Waals surface area contributed by atoms with Gasteiger partial charge in [-0.25, -0.2) is 5.01 Å². The van der Waals surface area contributed by atoms with Crippen molar-refractivity contribution in [3.63, 3.8) is 0 Å². The Morgan fingerprint density at radius 3 is 2.43 bits per heavy atom. The predicted octanol–water partition coefficient (Wildman–Crippen LogP) is 6.47. The van der Waals surface area contributed by atoms with Crippen molar-refractivity contribution in [2.75, 3.05) is 17.1 Å². The van der Waals surface area contributed by atoms with Crippen molar-refractivity contribution in [1.29, 1.82) is 0 Å². The van der Waals surface area contributed by atoms with E-state index < -0.39 is 4.92 Å². The summed E-state index contributed by atoms with van der Waals surface area (Å²) in [5.74, 6) is 1.46. The predicted molar refractivity (Wildman–Crippen MR) is 166 cm³/mol. The summed E-state index contributed by atoms with van der Waals surface area (Å²) in [6, 6.07) is 16.1. The van der Waals surface area contributed by atoms with E-state index in [9.17, 15) is 14.9 Å². The van der Waals surface area contributed by atoms with E-state index in [1.54, 1.807) is 13.1 Å². The van der Waals surface area contributed by atoms with E-state index in [1.807, 2.05) is 56.1 Å². The Balaban J connectivity index is 0.000000322. The summed E-state index contributed by atoms with van der Waals surface area (Å²) in [6.45, 7) is 7.85. The van der Waals surface area contributed by atoms with Crippen LogP contribution in [0.1, 0.15) is 43.9 Å². The first kappa shape index (κ1) is 33.3. The van der Waals surface area contributed by atoms with Crippen LogP contribution in [-0.2, 0) is 16.0 Å². The molecule has 3 N–H and O–H groups in total. The second-order valence-electron chi connectivity index (χ2n) is 8.31. The summed E-state index contributed by atoms with van der Waals surface area (Å²) in [4.78, 5) is 29.2. The average molecular weight is 596 g/mol. The molecule has 1 aliphatic carbocycles. The van der Waals surface area contributed by atoms with E-state index >= 15 is 0 Å². The number of hydrazone groups is 1. The molecule has 0 unspecified atom stereocenters. The molecule has 2 aliphatic rings. The molecule has 2 amide bonds. The number of amides is 2. The first-order valence-corrected chi connectivity index (χ1v) is 13.5. The molecule has 11 nitrogen and oxygen atoms in total. The molecule has 1 aliphatic heterocycles. The highest BCUT2D eigenvalue weighted by Gasteiger charge is 2.22. The number of hydrogen-bond acceptors (Lipinski definition) is 8. The van der Waals surface area contributed by atoms with Gasteiger partial charge in [0.05, 0.1) is 16.3 Å². The Kier molecular flexibility index (Phi) is 13.5. The highest BCUT2D eigenvalue weighted by Crippen LogP contribution is 2.39. The molecule has 0 atom stereocenters. The van der Waals surface area contributed by atoms with Gasteiger partial charge in [0.15, 0.2) is 11.5 Å². The molecule has 0 saturated heterocycles. The van der Waals surface area contributed by atoms with Crippen LogP contribution < -0.4 is 25.5 Å². The zero-order valence-electron chi connectivity index (χ0n) is 23.9. The first-order valence-electron chi connectivity index (χ1n) is 13.1. The number of halogens is 1. The van der Waals surface area contributed by atoms with Gasteiger partial charge in [-0.05, 0) is 68.1 Å². The maximum atomic E-state index is 10.8. The van der Waals surface area contributed by atoms with E-state index in [4.69, 9.17) is 25.9 Å². The number of carbonyl (C=O) groups excluding carboxylic acids is 2. The van der Waals surface area contributed by atoms with Crippen LogP contribution in [0.3, 0.4) is 0 Å². The minimum Gasteiger partial charge on any atom is -0.454 e. The van der Waals surface area contributed by atoms with Crippen molar-refractivity contribution in [1.82, 2.24) is 0 Å². The zero-order chi connectivity index (χ0) is 31.1. The van der Waals surface area contributed by atoms with E-state index in [2.05, 4.69) is 28.3 Å². The second-order valence-corrected chi connectivity index (χ2v) is 8.72. The van der Waals surface area contributed by atoms with Crippen LogP contribution in [0.2, 0.25) is 5.02 Å². The van der Waals surface area contributed by atoms with Gasteiger partial charge in [-0.15, -0.1) is 0 Å². The lowest BCUT2D eigenvalue weighted by Crippen LogP contribution is -2.18. The number of nitro benzene ring substituents is 1. The minimum atomic E-state index is -0.441. The summed E-state index contributed by atoms with van der Waals surface area (Å²) in [6.07, 6.45) is 6.76. The molecule has 0 spiro atoms. The molecule has 222 valence electrons. The Bertz CT molecular complexity index is 1440. The third kappa shape index (κ3) is 8.80. The van der Waals surface area contributed by atoms with Crippen molar-refractivity contribution in [2.24, 2.45) is 10.8 Å². The summed E-state index contributed by atoms with van der Waals surface area (Å²) < 4.78 is 10.9. The summed E-state index contributed by atoms with van der Waals surface area (Å²) >= 11 is 5.66. The largest absolute Gasteiger partial charge is 0.454 e. The molecular weight excluding hydrogens is 562 g/mol. The van der Waals surface area contributed by atoms with E-state index in [0.29, 0.717) is 17.2 Å². The molecule has 42 heavy (non-hydrogen) atoms. The third-order valence-electron chi connectivity index (χ3n) is 5.77. The smallest absolute Gasteiger partial charge is 0.269 e. The number of hydrogen-bond donors (Lipinski definition) is 2. The number of primary amides is 1. The number of allylic oxidation sites excluding steroid dienone is 1. The van der Waals surface area contributed by atoms with Gasteiger partial charge in [-0.3, -0.25) is 19.7 Å². The molecule has 0 aromatic heterocycles.